The maximum Gasteiger partial charge on any atom is 0.317 e. The normalized spacial score (nSPS) is 18.7. The van der Waals surface area contributed by atoms with Crippen LogP contribution in [0.25, 0.3) is 0 Å². The summed E-state index contributed by atoms with van der Waals surface area (Å²) in [6.45, 7) is 9.82. The van der Waals surface area contributed by atoms with Crippen molar-refractivity contribution in [2.45, 2.75) is 0 Å². The van der Waals surface area contributed by atoms with Crippen molar-refractivity contribution in [2.24, 2.45) is 0 Å². The molecule has 8 nitrogen and oxygen atoms in total. The third kappa shape index (κ3) is 6.54. The summed E-state index contributed by atoms with van der Waals surface area (Å²) in [5.74, 6) is 1.67. The molecule has 28 heavy (non-hydrogen) atoms. The Morgan fingerprint density at radius 1 is 0.964 bits per heavy atom. The van der Waals surface area contributed by atoms with E-state index in [1.54, 1.807) is 7.11 Å². The summed E-state index contributed by atoms with van der Waals surface area (Å²) < 4.78 is 16.3. The number of nitrogens with zero attached hydrogens (tertiary/aromatic N) is 3. The predicted octanol–water partition coefficient (Wildman–Crippen LogP) is 0.733. The Morgan fingerprint density at radius 2 is 1.61 bits per heavy atom. The van der Waals surface area contributed by atoms with Gasteiger partial charge in [0, 0.05) is 58.9 Å². The Balaban J connectivity index is 1.26. The van der Waals surface area contributed by atoms with Gasteiger partial charge in [0.2, 0.25) is 0 Å². The molecule has 0 bridgehead atoms. The number of amides is 2. The van der Waals surface area contributed by atoms with Gasteiger partial charge in [0.05, 0.1) is 20.3 Å². The van der Waals surface area contributed by atoms with Crippen LogP contribution in [0.3, 0.4) is 0 Å². The second kappa shape index (κ2) is 11.1. The number of nitrogens with one attached hydrogen (secondary N) is 1. The van der Waals surface area contributed by atoms with E-state index in [-0.39, 0.29) is 6.03 Å². The fourth-order valence-corrected chi connectivity index (χ4v) is 3.40. The highest BCUT2D eigenvalue weighted by atomic mass is 16.5. The lowest BCUT2D eigenvalue weighted by Gasteiger charge is -2.34. The molecule has 2 saturated heterocycles. The van der Waals surface area contributed by atoms with Crippen LogP contribution in [0, 0.1) is 0 Å². The number of hydrogen-bond donors (Lipinski definition) is 1. The Hall–Kier alpha value is -2.03. The Bertz CT molecular complexity index is 584. The minimum Gasteiger partial charge on any atom is -0.497 e. The molecular formula is C20H32N4O4. The molecule has 2 heterocycles. The summed E-state index contributed by atoms with van der Waals surface area (Å²) in [6.07, 6.45) is 0. The molecule has 0 spiro atoms. The first-order valence-electron chi connectivity index (χ1n) is 10.1. The summed E-state index contributed by atoms with van der Waals surface area (Å²) in [7, 11) is 1.65. The molecule has 0 atom stereocenters. The lowest BCUT2D eigenvalue weighted by Crippen LogP contribution is -2.53. The van der Waals surface area contributed by atoms with Crippen LogP contribution in [-0.4, -0.2) is 107 Å². The van der Waals surface area contributed by atoms with Crippen LogP contribution in [0.1, 0.15) is 0 Å². The van der Waals surface area contributed by atoms with Gasteiger partial charge < -0.3 is 24.4 Å². The molecule has 0 saturated carbocycles. The molecule has 2 fully saturated rings. The minimum absolute atomic E-state index is 0.0439. The quantitative estimate of drug-likeness (QED) is 0.704. The largest absolute Gasteiger partial charge is 0.497 e. The standard InChI is InChI=1S/C20H32N4O4/c1-26-18-2-4-19(5-3-18)28-17-14-23-8-10-24(11-9-23)20(25)21-6-7-22-12-15-27-16-13-22/h2-5H,6-17H2,1H3,(H,21,25). The molecule has 3 rings (SSSR count). The number of methoxy groups -OCH3 is 1. The van der Waals surface area contributed by atoms with Crippen molar-refractivity contribution < 1.29 is 19.0 Å². The number of rotatable bonds is 8. The number of piperazine rings is 1. The monoisotopic (exact) mass is 392 g/mol. The molecule has 156 valence electrons. The zero-order valence-electron chi connectivity index (χ0n) is 16.8. The first-order valence-corrected chi connectivity index (χ1v) is 10.1. The van der Waals surface area contributed by atoms with E-state index in [0.29, 0.717) is 13.2 Å². The highest BCUT2D eigenvalue weighted by molar-refractivity contribution is 5.74. The molecule has 0 aromatic heterocycles. The van der Waals surface area contributed by atoms with Crippen molar-refractivity contribution in [3.05, 3.63) is 24.3 Å². The van der Waals surface area contributed by atoms with E-state index in [1.165, 1.54) is 0 Å². The van der Waals surface area contributed by atoms with Gasteiger partial charge in [0.25, 0.3) is 0 Å². The van der Waals surface area contributed by atoms with Gasteiger partial charge in [0.15, 0.2) is 0 Å². The van der Waals surface area contributed by atoms with E-state index in [0.717, 1.165) is 77.1 Å². The van der Waals surface area contributed by atoms with Crippen LogP contribution in [0.15, 0.2) is 24.3 Å². The van der Waals surface area contributed by atoms with Crippen LogP contribution in [0.5, 0.6) is 11.5 Å². The first kappa shape index (κ1) is 20.7. The van der Waals surface area contributed by atoms with Crippen LogP contribution >= 0.6 is 0 Å². The lowest BCUT2D eigenvalue weighted by atomic mass is 10.3. The van der Waals surface area contributed by atoms with E-state index >= 15 is 0 Å². The summed E-state index contributed by atoms with van der Waals surface area (Å²) in [5, 5.41) is 3.04. The number of benzene rings is 1. The molecule has 1 aromatic rings. The smallest absolute Gasteiger partial charge is 0.317 e. The van der Waals surface area contributed by atoms with Crippen molar-refractivity contribution >= 4 is 6.03 Å². The molecule has 2 amide bonds. The van der Waals surface area contributed by atoms with Crippen molar-refractivity contribution in [2.75, 3.05) is 85.8 Å². The fraction of sp³-hybridized carbons (Fsp3) is 0.650. The van der Waals surface area contributed by atoms with Gasteiger partial charge >= 0.3 is 6.03 Å². The summed E-state index contributed by atoms with van der Waals surface area (Å²) in [5.41, 5.74) is 0. The molecule has 1 N–H and O–H groups in total. The Labute approximate surface area is 167 Å². The van der Waals surface area contributed by atoms with E-state index in [9.17, 15) is 4.79 Å². The molecule has 2 aliphatic heterocycles. The third-order valence-electron chi connectivity index (χ3n) is 5.20. The maximum absolute atomic E-state index is 12.3. The molecule has 1 aromatic carbocycles. The van der Waals surface area contributed by atoms with E-state index in [1.807, 2.05) is 29.2 Å². The number of morpholine rings is 1. The highest BCUT2D eigenvalue weighted by Gasteiger charge is 2.21. The molecule has 0 unspecified atom stereocenters. The topological polar surface area (TPSA) is 66.5 Å². The zero-order valence-corrected chi connectivity index (χ0v) is 16.8. The Morgan fingerprint density at radius 3 is 2.29 bits per heavy atom. The van der Waals surface area contributed by atoms with Crippen molar-refractivity contribution in [1.82, 2.24) is 20.0 Å². The van der Waals surface area contributed by atoms with Crippen LogP contribution in [0.2, 0.25) is 0 Å². The van der Waals surface area contributed by atoms with E-state index < -0.39 is 0 Å². The SMILES string of the molecule is COc1ccc(OCCN2CCN(C(=O)NCCN3CCOCC3)CC2)cc1. The number of ether oxygens (including phenoxy) is 3. The van der Waals surface area contributed by atoms with Crippen LogP contribution < -0.4 is 14.8 Å². The lowest BCUT2D eigenvalue weighted by molar-refractivity contribution is 0.0385. The number of carbonyl (C=O) groups is 1. The minimum atomic E-state index is 0.0439. The number of carbonyl (C=O) groups excluding carboxylic acids is 1. The zero-order chi connectivity index (χ0) is 19.6. The van der Waals surface area contributed by atoms with Crippen LogP contribution in [-0.2, 0) is 4.74 Å². The van der Waals surface area contributed by atoms with Gasteiger partial charge in [0.1, 0.15) is 18.1 Å². The van der Waals surface area contributed by atoms with Crippen molar-refractivity contribution in [3.63, 3.8) is 0 Å². The van der Waals surface area contributed by atoms with Crippen molar-refractivity contribution in [3.8, 4) is 11.5 Å². The van der Waals surface area contributed by atoms with E-state index in [4.69, 9.17) is 14.2 Å². The summed E-state index contributed by atoms with van der Waals surface area (Å²) in [6, 6.07) is 7.66. The summed E-state index contributed by atoms with van der Waals surface area (Å²) in [4.78, 5) is 18.9. The van der Waals surface area contributed by atoms with Gasteiger partial charge in [-0.3, -0.25) is 9.80 Å². The Kier molecular flexibility index (Phi) is 8.20. The number of urea groups is 1. The van der Waals surface area contributed by atoms with Gasteiger partial charge in [-0.2, -0.15) is 0 Å². The summed E-state index contributed by atoms with van der Waals surface area (Å²) >= 11 is 0. The number of hydrogen-bond acceptors (Lipinski definition) is 6. The van der Waals surface area contributed by atoms with E-state index in [2.05, 4.69) is 15.1 Å². The molecule has 0 radical (unpaired) electrons. The molecule has 8 heteroatoms. The molecule has 0 aliphatic carbocycles. The van der Waals surface area contributed by atoms with Gasteiger partial charge in [-0.1, -0.05) is 0 Å². The second-order valence-corrected chi connectivity index (χ2v) is 7.04. The fourth-order valence-electron chi connectivity index (χ4n) is 3.40. The molecular weight excluding hydrogens is 360 g/mol. The average Bonchev–Trinajstić information content (AvgIpc) is 2.75. The third-order valence-corrected chi connectivity index (χ3v) is 5.20. The van der Waals surface area contributed by atoms with Gasteiger partial charge in [-0.05, 0) is 24.3 Å². The average molecular weight is 393 g/mol. The molecule has 2 aliphatic rings. The second-order valence-electron chi connectivity index (χ2n) is 7.04. The maximum atomic E-state index is 12.3. The first-order chi connectivity index (χ1) is 13.7. The van der Waals surface area contributed by atoms with Crippen molar-refractivity contribution in [1.29, 1.82) is 0 Å². The van der Waals surface area contributed by atoms with Gasteiger partial charge in [-0.25, -0.2) is 4.79 Å². The predicted molar refractivity (Wildman–Crippen MR) is 107 cm³/mol. The van der Waals surface area contributed by atoms with Crippen LogP contribution in [0.4, 0.5) is 4.79 Å². The highest BCUT2D eigenvalue weighted by Crippen LogP contribution is 2.17. The van der Waals surface area contributed by atoms with Gasteiger partial charge in [-0.15, -0.1) is 0 Å².